The molecule has 0 atom stereocenters. The van der Waals surface area contributed by atoms with Crippen molar-refractivity contribution in [2.75, 3.05) is 11.9 Å². The molecule has 144 valence electrons. The molecule has 0 bridgehead atoms. The lowest BCUT2D eigenvalue weighted by molar-refractivity contribution is 0.147. The molecule has 0 unspecified atom stereocenters. The van der Waals surface area contributed by atoms with Crippen LogP contribution in [0.2, 0.25) is 0 Å². The molecule has 0 aliphatic heterocycles. The van der Waals surface area contributed by atoms with E-state index in [1.54, 1.807) is 0 Å². The number of hydrogen-bond acceptors (Lipinski definition) is 5. The lowest BCUT2D eigenvalue weighted by Crippen LogP contribution is -2.19. The minimum Gasteiger partial charge on any atom is -0.449 e. The van der Waals surface area contributed by atoms with Crippen LogP contribution in [0.15, 0.2) is 24.4 Å². The highest BCUT2D eigenvalue weighted by Gasteiger charge is 2.18. The minimum atomic E-state index is -0.628. The van der Waals surface area contributed by atoms with Crippen LogP contribution < -0.4 is 5.32 Å². The SMILES string of the molecule is Cc1cc(C)c2nc(-n3ncc(C#N)c3NC(=O)OCC(C)C)cc(C)c2c1. The number of benzene rings is 1. The number of rotatable bonds is 4. The molecule has 0 saturated carbocycles. The van der Waals surface area contributed by atoms with Crippen LogP contribution >= 0.6 is 0 Å². The van der Waals surface area contributed by atoms with E-state index in [0.29, 0.717) is 5.82 Å². The summed E-state index contributed by atoms with van der Waals surface area (Å²) in [5.74, 6) is 0.979. The number of anilines is 1. The molecule has 0 fully saturated rings. The van der Waals surface area contributed by atoms with Crippen molar-refractivity contribution in [2.24, 2.45) is 5.92 Å². The average molecular weight is 377 g/mol. The van der Waals surface area contributed by atoms with Gasteiger partial charge in [0.1, 0.15) is 11.6 Å². The third-order valence-corrected chi connectivity index (χ3v) is 4.32. The Morgan fingerprint density at radius 3 is 2.68 bits per heavy atom. The second-order valence-electron chi connectivity index (χ2n) is 7.32. The molecule has 3 aromatic rings. The number of carbonyl (C=O) groups is 1. The van der Waals surface area contributed by atoms with Crippen LogP contribution in [0.4, 0.5) is 10.6 Å². The summed E-state index contributed by atoms with van der Waals surface area (Å²) in [5, 5.41) is 17.4. The molecule has 1 N–H and O–H groups in total. The maximum absolute atomic E-state index is 12.1. The highest BCUT2D eigenvalue weighted by molar-refractivity contribution is 5.88. The lowest BCUT2D eigenvalue weighted by atomic mass is 10.0. The van der Waals surface area contributed by atoms with Crippen molar-refractivity contribution in [2.45, 2.75) is 34.6 Å². The van der Waals surface area contributed by atoms with E-state index in [2.05, 4.69) is 29.5 Å². The van der Waals surface area contributed by atoms with Crippen LogP contribution in [0.5, 0.6) is 0 Å². The molecule has 28 heavy (non-hydrogen) atoms. The van der Waals surface area contributed by atoms with Gasteiger partial charge in [0.25, 0.3) is 0 Å². The maximum Gasteiger partial charge on any atom is 0.412 e. The van der Waals surface area contributed by atoms with Crippen LogP contribution in [0.3, 0.4) is 0 Å². The molecule has 0 aliphatic carbocycles. The minimum absolute atomic E-state index is 0.210. The number of pyridine rings is 1. The van der Waals surface area contributed by atoms with E-state index in [4.69, 9.17) is 9.72 Å². The average Bonchev–Trinajstić information content (AvgIpc) is 3.03. The van der Waals surface area contributed by atoms with E-state index >= 15 is 0 Å². The molecule has 0 saturated heterocycles. The molecule has 2 heterocycles. The molecule has 7 heteroatoms. The van der Waals surface area contributed by atoms with Crippen LogP contribution in [0.1, 0.15) is 36.1 Å². The number of nitrogens with zero attached hydrogens (tertiary/aromatic N) is 4. The van der Waals surface area contributed by atoms with E-state index in [-0.39, 0.29) is 23.9 Å². The van der Waals surface area contributed by atoms with Crippen molar-refractivity contribution in [3.05, 3.63) is 46.6 Å². The number of nitriles is 1. The van der Waals surface area contributed by atoms with E-state index in [9.17, 15) is 10.1 Å². The second kappa shape index (κ2) is 7.69. The molecule has 1 aromatic carbocycles. The van der Waals surface area contributed by atoms with Gasteiger partial charge in [-0.25, -0.2) is 9.78 Å². The van der Waals surface area contributed by atoms with Gasteiger partial charge in [-0.3, -0.25) is 5.32 Å². The van der Waals surface area contributed by atoms with Gasteiger partial charge in [-0.2, -0.15) is 15.0 Å². The number of aryl methyl sites for hydroxylation is 3. The Bertz CT molecular complexity index is 1090. The van der Waals surface area contributed by atoms with Crippen LogP contribution in [0, 0.1) is 38.0 Å². The Hall–Kier alpha value is -3.40. The highest BCUT2D eigenvalue weighted by atomic mass is 16.5. The molecular weight excluding hydrogens is 354 g/mol. The molecular formula is C21H23N5O2. The fourth-order valence-electron chi connectivity index (χ4n) is 3.04. The van der Waals surface area contributed by atoms with Crippen molar-refractivity contribution >= 4 is 22.8 Å². The van der Waals surface area contributed by atoms with Crippen molar-refractivity contribution < 1.29 is 9.53 Å². The third kappa shape index (κ3) is 3.81. The second-order valence-corrected chi connectivity index (χ2v) is 7.32. The largest absolute Gasteiger partial charge is 0.449 e. The summed E-state index contributed by atoms with van der Waals surface area (Å²) < 4.78 is 6.63. The molecule has 0 aliphatic rings. The van der Waals surface area contributed by atoms with Crippen molar-refractivity contribution in [3.63, 3.8) is 0 Å². The van der Waals surface area contributed by atoms with Crippen molar-refractivity contribution in [1.29, 1.82) is 5.26 Å². The first-order valence-electron chi connectivity index (χ1n) is 9.11. The van der Waals surface area contributed by atoms with Gasteiger partial charge in [0.15, 0.2) is 11.6 Å². The van der Waals surface area contributed by atoms with Crippen LogP contribution in [0.25, 0.3) is 16.7 Å². The number of aromatic nitrogens is 3. The van der Waals surface area contributed by atoms with E-state index in [0.717, 1.165) is 22.0 Å². The number of ether oxygens (including phenoxy) is 1. The molecule has 0 spiro atoms. The fourth-order valence-corrected chi connectivity index (χ4v) is 3.04. The molecule has 3 rings (SSSR count). The standard InChI is InChI=1S/C21H23N5O2/c1-12(2)11-28-21(27)25-20-16(9-22)10-23-26(20)18-8-14(4)17-7-13(3)6-15(5)19(17)24-18/h6-8,10,12H,11H2,1-5H3,(H,25,27). The number of nitrogens with one attached hydrogen (secondary N) is 1. The summed E-state index contributed by atoms with van der Waals surface area (Å²) in [4.78, 5) is 16.9. The topological polar surface area (TPSA) is 92.8 Å². The van der Waals surface area contributed by atoms with Gasteiger partial charge < -0.3 is 4.74 Å². The highest BCUT2D eigenvalue weighted by Crippen LogP contribution is 2.26. The van der Waals surface area contributed by atoms with Crippen molar-refractivity contribution in [3.8, 4) is 11.9 Å². The summed E-state index contributed by atoms with van der Waals surface area (Å²) in [6.45, 7) is 10.3. The van der Waals surface area contributed by atoms with Crippen molar-refractivity contribution in [1.82, 2.24) is 14.8 Å². The molecule has 0 radical (unpaired) electrons. The van der Waals surface area contributed by atoms with Gasteiger partial charge >= 0.3 is 6.09 Å². The monoisotopic (exact) mass is 377 g/mol. The Morgan fingerprint density at radius 1 is 1.25 bits per heavy atom. The van der Waals surface area contributed by atoms with E-state index < -0.39 is 6.09 Å². The third-order valence-electron chi connectivity index (χ3n) is 4.32. The number of carbonyl (C=O) groups excluding carboxylic acids is 1. The summed E-state index contributed by atoms with van der Waals surface area (Å²) in [5.41, 5.74) is 4.36. The van der Waals surface area contributed by atoms with Crippen LogP contribution in [-0.2, 0) is 4.74 Å². The zero-order valence-corrected chi connectivity index (χ0v) is 16.7. The first-order valence-corrected chi connectivity index (χ1v) is 9.11. The Morgan fingerprint density at radius 2 is 2.00 bits per heavy atom. The van der Waals surface area contributed by atoms with Gasteiger partial charge in [-0.05, 0) is 49.9 Å². The number of hydrogen-bond donors (Lipinski definition) is 1. The summed E-state index contributed by atoms with van der Waals surface area (Å²) in [6, 6.07) is 8.11. The maximum atomic E-state index is 12.1. The summed E-state index contributed by atoms with van der Waals surface area (Å²) in [6.07, 6.45) is 0.776. The molecule has 1 amide bonds. The Kier molecular flexibility index (Phi) is 5.32. The molecule has 2 aromatic heterocycles. The molecule has 7 nitrogen and oxygen atoms in total. The van der Waals surface area contributed by atoms with Crippen LogP contribution in [-0.4, -0.2) is 27.5 Å². The van der Waals surface area contributed by atoms with E-state index in [1.165, 1.54) is 16.4 Å². The van der Waals surface area contributed by atoms with E-state index in [1.807, 2.05) is 39.8 Å². The van der Waals surface area contributed by atoms with Gasteiger partial charge in [0.2, 0.25) is 0 Å². The number of amides is 1. The first-order chi connectivity index (χ1) is 13.3. The van der Waals surface area contributed by atoms with Gasteiger partial charge in [-0.1, -0.05) is 25.5 Å². The quantitative estimate of drug-likeness (QED) is 0.726. The Labute approximate surface area is 163 Å². The summed E-state index contributed by atoms with van der Waals surface area (Å²) >= 11 is 0. The van der Waals surface area contributed by atoms with Gasteiger partial charge in [0, 0.05) is 5.39 Å². The first kappa shape index (κ1) is 19.4. The predicted octanol–water partition coefficient (Wildman–Crippen LogP) is 4.42. The van der Waals surface area contributed by atoms with Gasteiger partial charge in [-0.15, -0.1) is 0 Å². The smallest absolute Gasteiger partial charge is 0.412 e. The fraction of sp³-hybridized carbons (Fsp3) is 0.333. The normalized spacial score (nSPS) is 10.9. The zero-order valence-electron chi connectivity index (χ0n) is 16.7. The summed E-state index contributed by atoms with van der Waals surface area (Å²) in [7, 11) is 0. The number of fused-ring (bicyclic) bond motifs is 1. The van der Waals surface area contributed by atoms with Gasteiger partial charge in [0.05, 0.1) is 18.3 Å². The zero-order chi connectivity index (χ0) is 20.4. The Balaban J connectivity index is 2.06. The lowest BCUT2D eigenvalue weighted by Gasteiger charge is -2.13. The predicted molar refractivity (Wildman–Crippen MR) is 108 cm³/mol.